The highest BCUT2D eigenvalue weighted by Gasteiger charge is 2.10. The van der Waals surface area contributed by atoms with E-state index in [9.17, 15) is 4.79 Å². The second kappa shape index (κ2) is 4.13. The van der Waals surface area contributed by atoms with Gasteiger partial charge in [0.2, 0.25) is 0 Å². The van der Waals surface area contributed by atoms with Crippen LogP contribution in [0.15, 0.2) is 22.0 Å². The molecule has 0 atom stereocenters. The molecule has 0 saturated heterocycles. The second-order valence-corrected chi connectivity index (χ2v) is 5.15. The van der Waals surface area contributed by atoms with E-state index in [0.29, 0.717) is 0 Å². The highest BCUT2D eigenvalue weighted by atomic mass is 79.9. The van der Waals surface area contributed by atoms with Gasteiger partial charge in [-0.05, 0) is 39.0 Å². The summed E-state index contributed by atoms with van der Waals surface area (Å²) in [6, 6.07) is 4.08. The van der Waals surface area contributed by atoms with Crippen LogP contribution in [-0.4, -0.2) is 6.29 Å². The first-order valence-corrected chi connectivity index (χ1v) is 6.77. The summed E-state index contributed by atoms with van der Waals surface area (Å²) in [5.41, 5.74) is 1.86. The fourth-order valence-electron chi connectivity index (χ4n) is 1.38. The van der Waals surface area contributed by atoms with E-state index in [1.165, 1.54) is 0 Å². The van der Waals surface area contributed by atoms with E-state index in [-0.39, 0.29) is 0 Å². The molecule has 0 aliphatic heterocycles. The molecule has 0 bridgehead atoms. The molecule has 0 radical (unpaired) electrons. The van der Waals surface area contributed by atoms with Crippen LogP contribution < -0.4 is 0 Å². The van der Waals surface area contributed by atoms with E-state index in [1.807, 2.05) is 11.4 Å². The van der Waals surface area contributed by atoms with Gasteiger partial charge in [0.25, 0.3) is 0 Å². The van der Waals surface area contributed by atoms with Gasteiger partial charge in [-0.3, -0.25) is 4.79 Å². The van der Waals surface area contributed by atoms with Gasteiger partial charge in [-0.2, -0.15) is 0 Å². The zero-order valence-electron chi connectivity index (χ0n) is 7.09. The summed E-state index contributed by atoms with van der Waals surface area (Å²) in [5, 5.41) is 3.78. The van der Waals surface area contributed by atoms with Crippen LogP contribution in [0.4, 0.5) is 0 Å². The summed E-state index contributed by atoms with van der Waals surface area (Å²) in [6.45, 7) is 0. The van der Waals surface area contributed by atoms with Crippen molar-refractivity contribution < 1.29 is 4.79 Å². The Morgan fingerprint density at radius 2 is 2.29 bits per heavy atom. The molecule has 1 aromatic carbocycles. The number of fused-ring (bicyclic) bond motifs is 1. The number of aldehydes is 1. The van der Waals surface area contributed by atoms with Gasteiger partial charge in [-0.15, -0.1) is 11.3 Å². The van der Waals surface area contributed by atoms with Crippen molar-refractivity contribution in [3.05, 3.63) is 33.1 Å². The summed E-state index contributed by atoms with van der Waals surface area (Å²) in [4.78, 5) is 11.0. The fraction of sp³-hybridized carbons (Fsp3) is 0.100. The Kier molecular flexibility index (Phi) is 3.04. The van der Waals surface area contributed by atoms with Crippen molar-refractivity contribution in [2.75, 3.05) is 0 Å². The SMILES string of the molecule is O=Cc1c(Br)c(CBr)cc2sccc12. The molecule has 1 nitrogen and oxygen atoms in total. The van der Waals surface area contributed by atoms with Crippen LogP contribution >= 0.6 is 43.2 Å². The van der Waals surface area contributed by atoms with Crippen molar-refractivity contribution in [1.82, 2.24) is 0 Å². The number of hydrogen-bond acceptors (Lipinski definition) is 2. The van der Waals surface area contributed by atoms with Crippen LogP contribution in [0.5, 0.6) is 0 Å². The molecule has 4 heteroatoms. The van der Waals surface area contributed by atoms with Crippen LogP contribution in [0.1, 0.15) is 15.9 Å². The molecule has 0 aliphatic carbocycles. The average molecular weight is 334 g/mol. The number of alkyl halides is 1. The molecule has 0 saturated carbocycles. The Bertz CT molecular complexity index is 490. The highest BCUT2D eigenvalue weighted by Crippen LogP contribution is 2.33. The van der Waals surface area contributed by atoms with Crippen molar-refractivity contribution in [3.63, 3.8) is 0 Å². The summed E-state index contributed by atoms with van der Waals surface area (Å²) in [5.74, 6) is 0. The van der Waals surface area contributed by atoms with Crippen molar-refractivity contribution in [2.24, 2.45) is 0 Å². The van der Waals surface area contributed by atoms with Crippen LogP contribution in [0, 0.1) is 0 Å². The number of hydrogen-bond donors (Lipinski definition) is 0. The minimum absolute atomic E-state index is 0.748. The smallest absolute Gasteiger partial charge is 0.151 e. The molecule has 1 heterocycles. The zero-order valence-corrected chi connectivity index (χ0v) is 11.1. The number of halogens is 2. The molecule has 0 spiro atoms. The maximum absolute atomic E-state index is 11.0. The summed E-state index contributed by atoms with van der Waals surface area (Å²) in [6.07, 6.45) is 0.908. The molecule has 0 aliphatic rings. The molecule has 0 amide bonds. The molecule has 14 heavy (non-hydrogen) atoms. The predicted octanol–water partition coefficient (Wildman–Crippen LogP) is 4.37. The van der Waals surface area contributed by atoms with E-state index in [1.54, 1.807) is 11.3 Å². The lowest BCUT2D eigenvalue weighted by Gasteiger charge is -2.04. The quantitative estimate of drug-likeness (QED) is 0.589. The number of benzene rings is 1. The molecule has 2 rings (SSSR count). The molecular formula is C10H6Br2OS. The van der Waals surface area contributed by atoms with E-state index in [2.05, 4.69) is 37.9 Å². The van der Waals surface area contributed by atoms with Gasteiger partial charge < -0.3 is 0 Å². The van der Waals surface area contributed by atoms with Crippen molar-refractivity contribution in [2.45, 2.75) is 5.33 Å². The minimum Gasteiger partial charge on any atom is -0.298 e. The maximum atomic E-state index is 11.0. The number of carbonyl (C=O) groups excluding carboxylic acids is 1. The highest BCUT2D eigenvalue weighted by molar-refractivity contribution is 9.10. The standard InChI is InChI=1S/C10H6Br2OS/c11-4-6-3-9-7(1-2-14-9)8(5-13)10(6)12/h1-3,5H,4H2. The summed E-state index contributed by atoms with van der Waals surface area (Å²) >= 11 is 8.51. The van der Waals surface area contributed by atoms with Gasteiger partial charge in [0.1, 0.15) is 0 Å². The first-order valence-electron chi connectivity index (χ1n) is 3.97. The van der Waals surface area contributed by atoms with Crippen molar-refractivity contribution in [3.8, 4) is 0 Å². The lowest BCUT2D eigenvalue weighted by molar-refractivity contribution is 0.112. The van der Waals surface area contributed by atoms with Crippen molar-refractivity contribution >= 4 is 59.6 Å². The minimum atomic E-state index is 0.748. The molecule has 1 aromatic heterocycles. The Hall–Kier alpha value is -0.190. The van der Waals surface area contributed by atoms with Crippen molar-refractivity contribution in [1.29, 1.82) is 0 Å². The van der Waals surface area contributed by atoms with Crippen LogP contribution in [-0.2, 0) is 5.33 Å². The molecular weight excluding hydrogens is 328 g/mol. The van der Waals surface area contributed by atoms with Gasteiger partial charge in [0.15, 0.2) is 6.29 Å². The Labute approximate surface area is 102 Å². The third-order valence-corrected chi connectivity index (χ3v) is 4.48. The topological polar surface area (TPSA) is 17.1 Å². The first-order chi connectivity index (χ1) is 6.77. The van der Waals surface area contributed by atoms with Crippen LogP contribution in [0.2, 0.25) is 0 Å². The summed E-state index contributed by atoms with van der Waals surface area (Å²) in [7, 11) is 0. The van der Waals surface area contributed by atoms with Gasteiger partial charge in [-0.1, -0.05) is 15.9 Å². The number of thiophene rings is 1. The zero-order chi connectivity index (χ0) is 10.1. The third-order valence-electron chi connectivity index (χ3n) is 2.07. The maximum Gasteiger partial charge on any atom is 0.151 e. The first kappa shape index (κ1) is 10.3. The van der Waals surface area contributed by atoms with E-state index >= 15 is 0 Å². The Morgan fingerprint density at radius 3 is 2.93 bits per heavy atom. The third kappa shape index (κ3) is 1.55. The lowest BCUT2D eigenvalue weighted by atomic mass is 10.1. The monoisotopic (exact) mass is 332 g/mol. The van der Waals surface area contributed by atoms with E-state index in [0.717, 1.165) is 37.3 Å². The van der Waals surface area contributed by atoms with Gasteiger partial charge in [0.05, 0.1) is 0 Å². The Morgan fingerprint density at radius 1 is 1.50 bits per heavy atom. The van der Waals surface area contributed by atoms with Gasteiger partial charge in [0, 0.05) is 25.5 Å². The largest absolute Gasteiger partial charge is 0.298 e. The molecule has 0 N–H and O–H groups in total. The lowest BCUT2D eigenvalue weighted by Crippen LogP contribution is -1.89. The molecule has 0 unspecified atom stereocenters. The predicted molar refractivity (Wildman–Crippen MR) is 67.5 cm³/mol. The average Bonchev–Trinajstić information content (AvgIpc) is 2.64. The number of rotatable bonds is 2. The fourth-order valence-corrected chi connectivity index (χ4v) is 3.63. The number of carbonyl (C=O) groups is 1. The normalized spacial score (nSPS) is 10.7. The molecule has 72 valence electrons. The Balaban J connectivity index is 2.87. The van der Waals surface area contributed by atoms with E-state index in [4.69, 9.17) is 0 Å². The second-order valence-electron chi connectivity index (χ2n) is 2.85. The molecule has 0 fully saturated rings. The van der Waals surface area contributed by atoms with Gasteiger partial charge >= 0.3 is 0 Å². The molecule has 2 aromatic rings. The van der Waals surface area contributed by atoms with Crippen LogP contribution in [0.3, 0.4) is 0 Å². The summed E-state index contributed by atoms with van der Waals surface area (Å²) < 4.78 is 2.06. The van der Waals surface area contributed by atoms with Crippen LogP contribution in [0.25, 0.3) is 10.1 Å². The van der Waals surface area contributed by atoms with Gasteiger partial charge in [-0.25, -0.2) is 0 Å². The van der Waals surface area contributed by atoms with E-state index < -0.39 is 0 Å².